The maximum Gasteiger partial charge on any atom is 0.141 e. The van der Waals surface area contributed by atoms with E-state index in [-0.39, 0.29) is 0 Å². The summed E-state index contributed by atoms with van der Waals surface area (Å²) in [6.07, 6.45) is 5.22. The zero-order valence-corrected chi connectivity index (χ0v) is 14.9. The second-order valence-corrected chi connectivity index (χ2v) is 7.46. The predicted molar refractivity (Wildman–Crippen MR) is 102 cm³/mol. The topological polar surface area (TPSA) is 17.8 Å². The van der Waals surface area contributed by atoms with E-state index in [2.05, 4.69) is 67.8 Å². The number of hydrogen-bond acceptors (Lipinski definition) is 1. The lowest BCUT2D eigenvalue weighted by molar-refractivity contribution is 0.537. The van der Waals surface area contributed by atoms with Gasteiger partial charge in [0.2, 0.25) is 0 Å². The minimum Gasteiger partial charge on any atom is -0.321 e. The monoisotopic (exact) mass is 318 g/mol. The lowest BCUT2D eigenvalue weighted by atomic mass is 10.0. The molecule has 3 aromatic rings. The Morgan fingerprint density at radius 1 is 1.04 bits per heavy atom. The molecule has 124 valence electrons. The van der Waals surface area contributed by atoms with Gasteiger partial charge < -0.3 is 4.57 Å². The second-order valence-electron chi connectivity index (χ2n) is 7.46. The third-order valence-electron chi connectivity index (χ3n) is 5.46. The molecule has 0 aliphatic heterocycles. The fraction of sp³-hybridized carbons (Fsp3) is 0.409. The van der Waals surface area contributed by atoms with Crippen LogP contribution in [0.15, 0.2) is 42.5 Å². The van der Waals surface area contributed by atoms with Gasteiger partial charge in [0, 0.05) is 11.6 Å². The first kappa shape index (κ1) is 15.4. The van der Waals surface area contributed by atoms with Crippen molar-refractivity contribution >= 4 is 11.0 Å². The molecular weight excluding hydrogens is 292 g/mol. The van der Waals surface area contributed by atoms with Crippen molar-refractivity contribution in [2.75, 3.05) is 0 Å². The van der Waals surface area contributed by atoms with Gasteiger partial charge in [-0.2, -0.15) is 0 Å². The summed E-state index contributed by atoms with van der Waals surface area (Å²) in [5, 5.41) is 0. The van der Waals surface area contributed by atoms with E-state index in [1.54, 1.807) is 0 Å². The molecule has 1 heterocycles. The second kappa shape index (κ2) is 6.08. The molecule has 2 nitrogen and oxygen atoms in total. The quantitative estimate of drug-likeness (QED) is 0.558. The van der Waals surface area contributed by atoms with Crippen molar-refractivity contribution in [2.24, 2.45) is 0 Å². The number of hydrogen-bond donors (Lipinski definition) is 0. The van der Waals surface area contributed by atoms with Crippen molar-refractivity contribution in [3.05, 3.63) is 53.6 Å². The first-order valence-corrected chi connectivity index (χ1v) is 9.23. The van der Waals surface area contributed by atoms with Crippen LogP contribution in [0.25, 0.3) is 22.4 Å². The minimum absolute atomic E-state index is 0.545. The van der Waals surface area contributed by atoms with Gasteiger partial charge in [0.1, 0.15) is 5.82 Å². The molecule has 0 unspecified atom stereocenters. The standard InChI is InChI=1S/C22H26N2/c1-15(2)17-12-13-20-21(14-17)24(18-9-5-6-10-18)22(23-20)19-11-7-4-8-16(19)3/h4,7-8,11-15,18H,5-6,9-10H2,1-3H3. The Hall–Kier alpha value is -2.09. The summed E-state index contributed by atoms with van der Waals surface area (Å²) in [6, 6.07) is 16.0. The number of imidazole rings is 1. The third kappa shape index (κ3) is 2.54. The average molecular weight is 318 g/mol. The first-order valence-electron chi connectivity index (χ1n) is 9.23. The molecule has 0 N–H and O–H groups in total. The van der Waals surface area contributed by atoms with E-state index in [4.69, 9.17) is 4.98 Å². The van der Waals surface area contributed by atoms with Gasteiger partial charge in [-0.25, -0.2) is 4.98 Å². The smallest absolute Gasteiger partial charge is 0.141 e. The Morgan fingerprint density at radius 3 is 2.50 bits per heavy atom. The highest BCUT2D eigenvalue weighted by atomic mass is 15.1. The molecule has 2 heteroatoms. The number of benzene rings is 2. The van der Waals surface area contributed by atoms with Gasteiger partial charge in [-0.3, -0.25) is 0 Å². The Labute approximate surface area is 144 Å². The summed E-state index contributed by atoms with van der Waals surface area (Å²) in [7, 11) is 0. The van der Waals surface area contributed by atoms with E-state index in [1.807, 2.05) is 0 Å². The Balaban J connectivity index is 1.98. The fourth-order valence-electron chi connectivity index (χ4n) is 4.02. The van der Waals surface area contributed by atoms with E-state index in [1.165, 1.54) is 47.9 Å². The maximum atomic E-state index is 5.05. The number of rotatable bonds is 3. The van der Waals surface area contributed by atoms with Crippen LogP contribution in [-0.2, 0) is 0 Å². The van der Waals surface area contributed by atoms with E-state index >= 15 is 0 Å². The van der Waals surface area contributed by atoms with Crippen LogP contribution in [0.1, 0.15) is 62.6 Å². The van der Waals surface area contributed by atoms with E-state index in [0.717, 1.165) is 11.3 Å². The summed E-state index contributed by atoms with van der Waals surface area (Å²) in [5.74, 6) is 1.69. The van der Waals surface area contributed by atoms with Crippen LogP contribution in [0.3, 0.4) is 0 Å². The van der Waals surface area contributed by atoms with Gasteiger partial charge in [0.05, 0.1) is 11.0 Å². The van der Waals surface area contributed by atoms with Crippen molar-refractivity contribution in [1.29, 1.82) is 0 Å². The van der Waals surface area contributed by atoms with Crippen LogP contribution in [-0.4, -0.2) is 9.55 Å². The summed E-state index contributed by atoms with van der Waals surface area (Å²) in [4.78, 5) is 5.05. The predicted octanol–water partition coefficient (Wildman–Crippen LogP) is 6.25. The zero-order chi connectivity index (χ0) is 16.7. The molecule has 1 aromatic heterocycles. The number of nitrogens with zero attached hydrogens (tertiary/aromatic N) is 2. The van der Waals surface area contributed by atoms with E-state index < -0.39 is 0 Å². The van der Waals surface area contributed by atoms with Gasteiger partial charge in [-0.05, 0) is 48.9 Å². The Kier molecular flexibility index (Phi) is 3.91. The van der Waals surface area contributed by atoms with Crippen LogP contribution in [0, 0.1) is 6.92 Å². The molecule has 0 atom stereocenters. The van der Waals surface area contributed by atoms with Crippen LogP contribution in [0.4, 0.5) is 0 Å². The molecule has 2 aromatic carbocycles. The van der Waals surface area contributed by atoms with Crippen LogP contribution >= 0.6 is 0 Å². The lowest BCUT2D eigenvalue weighted by Crippen LogP contribution is -2.07. The third-order valence-corrected chi connectivity index (χ3v) is 5.46. The van der Waals surface area contributed by atoms with Gasteiger partial charge in [-0.1, -0.05) is 57.0 Å². The number of aromatic nitrogens is 2. The van der Waals surface area contributed by atoms with E-state index in [0.29, 0.717) is 12.0 Å². The van der Waals surface area contributed by atoms with Gasteiger partial charge >= 0.3 is 0 Å². The van der Waals surface area contributed by atoms with Gasteiger partial charge in [0.15, 0.2) is 0 Å². The molecule has 0 spiro atoms. The van der Waals surface area contributed by atoms with Crippen molar-refractivity contribution in [2.45, 2.75) is 58.4 Å². The van der Waals surface area contributed by atoms with Crippen molar-refractivity contribution in [3.63, 3.8) is 0 Å². The van der Waals surface area contributed by atoms with Crippen molar-refractivity contribution in [3.8, 4) is 11.4 Å². The summed E-state index contributed by atoms with van der Waals surface area (Å²) in [6.45, 7) is 6.71. The highest BCUT2D eigenvalue weighted by Crippen LogP contribution is 2.38. The molecule has 0 saturated heterocycles. The number of fused-ring (bicyclic) bond motifs is 1. The Bertz CT molecular complexity index is 867. The number of aryl methyl sites for hydroxylation is 1. The first-order chi connectivity index (χ1) is 11.6. The molecule has 1 saturated carbocycles. The lowest BCUT2D eigenvalue weighted by Gasteiger charge is -2.18. The molecule has 1 aliphatic carbocycles. The molecule has 4 rings (SSSR count). The molecule has 1 fully saturated rings. The van der Waals surface area contributed by atoms with Gasteiger partial charge in [0.25, 0.3) is 0 Å². The summed E-state index contributed by atoms with van der Waals surface area (Å²) < 4.78 is 2.54. The minimum atomic E-state index is 0.545. The van der Waals surface area contributed by atoms with Crippen LogP contribution in [0.5, 0.6) is 0 Å². The fourth-order valence-corrected chi connectivity index (χ4v) is 4.02. The molecule has 24 heavy (non-hydrogen) atoms. The zero-order valence-electron chi connectivity index (χ0n) is 14.9. The molecule has 1 aliphatic rings. The molecule has 0 bridgehead atoms. The maximum absolute atomic E-state index is 5.05. The average Bonchev–Trinajstić information content (AvgIpc) is 3.21. The van der Waals surface area contributed by atoms with Crippen molar-refractivity contribution < 1.29 is 0 Å². The molecule has 0 radical (unpaired) electrons. The summed E-state index contributed by atoms with van der Waals surface area (Å²) >= 11 is 0. The molecular formula is C22H26N2. The molecule has 0 amide bonds. The highest BCUT2D eigenvalue weighted by molar-refractivity contribution is 5.82. The largest absolute Gasteiger partial charge is 0.321 e. The summed E-state index contributed by atoms with van der Waals surface area (Å²) in [5.41, 5.74) is 6.41. The van der Waals surface area contributed by atoms with Crippen LogP contribution < -0.4 is 0 Å². The van der Waals surface area contributed by atoms with Crippen molar-refractivity contribution in [1.82, 2.24) is 9.55 Å². The van der Waals surface area contributed by atoms with E-state index in [9.17, 15) is 0 Å². The highest BCUT2D eigenvalue weighted by Gasteiger charge is 2.24. The normalized spacial score (nSPS) is 15.7. The van der Waals surface area contributed by atoms with Gasteiger partial charge in [-0.15, -0.1) is 0 Å². The van der Waals surface area contributed by atoms with Crippen LogP contribution in [0.2, 0.25) is 0 Å². The SMILES string of the molecule is Cc1ccccc1-c1nc2ccc(C(C)C)cc2n1C1CCCC1. The Morgan fingerprint density at radius 2 is 1.79 bits per heavy atom.